The van der Waals surface area contributed by atoms with E-state index in [0.29, 0.717) is 17.7 Å². The zero-order chi connectivity index (χ0) is 12.5. The number of nitrogens with one attached hydrogen (secondary N) is 1. The van der Waals surface area contributed by atoms with Gasteiger partial charge >= 0.3 is 0 Å². The number of hydrogen-bond acceptors (Lipinski definition) is 5. The van der Waals surface area contributed by atoms with Crippen LogP contribution in [0.25, 0.3) is 11.1 Å². The second kappa shape index (κ2) is 4.49. The van der Waals surface area contributed by atoms with Crippen molar-refractivity contribution < 1.29 is 4.42 Å². The van der Waals surface area contributed by atoms with Gasteiger partial charge < -0.3 is 20.4 Å². The molecular weight excluding hydrogens is 228 g/mol. The van der Waals surface area contributed by atoms with Gasteiger partial charge in [-0.15, -0.1) is 0 Å². The summed E-state index contributed by atoms with van der Waals surface area (Å²) in [5, 5.41) is 3.36. The Balaban J connectivity index is 1.78. The van der Waals surface area contributed by atoms with Crippen LogP contribution < -0.4 is 11.1 Å². The van der Waals surface area contributed by atoms with Crippen molar-refractivity contribution in [3.05, 3.63) is 18.2 Å². The molecule has 1 fully saturated rings. The summed E-state index contributed by atoms with van der Waals surface area (Å²) in [6.45, 7) is 2.20. The van der Waals surface area contributed by atoms with E-state index < -0.39 is 0 Å². The van der Waals surface area contributed by atoms with Gasteiger partial charge in [0.15, 0.2) is 5.58 Å². The van der Waals surface area contributed by atoms with Crippen molar-refractivity contribution in [2.75, 3.05) is 31.2 Å². The molecule has 2 heterocycles. The summed E-state index contributed by atoms with van der Waals surface area (Å²) in [6, 6.07) is 6.53. The number of likely N-dealkylation sites (tertiary alicyclic amines) is 1. The minimum atomic E-state index is 0.411. The van der Waals surface area contributed by atoms with E-state index in [9.17, 15) is 0 Å². The molecule has 1 unspecified atom stereocenters. The molecular formula is C13H18N4O. The van der Waals surface area contributed by atoms with Gasteiger partial charge in [0.1, 0.15) is 5.52 Å². The van der Waals surface area contributed by atoms with Crippen molar-refractivity contribution in [2.45, 2.75) is 18.9 Å². The zero-order valence-electron chi connectivity index (χ0n) is 10.5. The van der Waals surface area contributed by atoms with Crippen LogP contribution in [0.15, 0.2) is 22.6 Å². The first-order valence-electron chi connectivity index (χ1n) is 6.32. The molecule has 1 aliphatic rings. The molecule has 0 radical (unpaired) electrons. The quantitative estimate of drug-likeness (QED) is 0.792. The molecule has 1 saturated heterocycles. The SMILES string of the molecule is CN1CCCC(Nc2nc3ccc(N)cc3o2)C1. The normalized spacial score (nSPS) is 21.3. The maximum Gasteiger partial charge on any atom is 0.295 e. The lowest BCUT2D eigenvalue weighted by atomic mass is 10.1. The van der Waals surface area contributed by atoms with Crippen LogP contribution in [-0.2, 0) is 0 Å². The van der Waals surface area contributed by atoms with E-state index in [-0.39, 0.29) is 0 Å². The number of benzene rings is 1. The predicted octanol–water partition coefficient (Wildman–Crippen LogP) is 1.92. The number of anilines is 2. The van der Waals surface area contributed by atoms with E-state index in [1.165, 1.54) is 13.0 Å². The maximum absolute atomic E-state index is 5.72. The van der Waals surface area contributed by atoms with Crippen molar-refractivity contribution in [3.8, 4) is 0 Å². The summed E-state index contributed by atoms with van der Waals surface area (Å²) < 4.78 is 5.67. The Morgan fingerprint density at radius 3 is 3.22 bits per heavy atom. The lowest BCUT2D eigenvalue weighted by molar-refractivity contribution is 0.259. The molecule has 3 rings (SSSR count). The number of fused-ring (bicyclic) bond motifs is 1. The first-order chi connectivity index (χ1) is 8.70. The summed E-state index contributed by atoms with van der Waals surface area (Å²) in [6.07, 6.45) is 2.37. The average molecular weight is 246 g/mol. The minimum absolute atomic E-state index is 0.411. The first kappa shape index (κ1) is 11.3. The van der Waals surface area contributed by atoms with Gasteiger partial charge in [0.2, 0.25) is 0 Å². The van der Waals surface area contributed by atoms with E-state index >= 15 is 0 Å². The molecule has 1 aromatic carbocycles. The predicted molar refractivity (Wildman–Crippen MR) is 72.6 cm³/mol. The van der Waals surface area contributed by atoms with Crippen LogP contribution in [-0.4, -0.2) is 36.1 Å². The molecule has 18 heavy (non-hydrogen) atoms. The molecule has 0 aliphatic carbocycles. The van der Waals surface area contributed by atoms with Crippen LogP contribution in [0.4, 0.5) is 11.7 Å². The highest BCUT2D eigenvalue weighted by molar-refractivity contribution is 5.78. The molecule has 0 saturated carbocycles. The van der Waals surface area contributed by atoms with Crippen LogP contribution in [0, 0.1) is 0 Å². The third-order valence-corrected chi connectivity index (χ3v) is 3.36. The van der Waals surface area contributed by atoms with Crippen LogP contribution in [0.5, 0.6) is 0 Å². The van der Waals surface area contributed by atoms with Crippen LogP contribution >= 0.6 is 0 Å². The van der Waals surface area contributed by atoms with Crippen LogP contribution in [0.3, 0.4) is 0 Å². The van der Waals surface area contributed by atoms with Gasteiger partial charge in [-0.1, -0.05) is 0 Å². The second-order valence-corrected chi connectivity index (χ2v) is 4.99. The van der Waals surface area contributed by atoms with E-state index in [1.54, 1.807) is 6.07 Å². The monoisotopic (exact) mass is 246 g/mol. The van der Waals surface area contributed by atoms with Crippen molar-refractivity contribution in [1.29, 1.82) is 0 Å². The number of nitrogen functional groups attached to an aromatic ring is 1. The van der Waals surface area contributed by atoms with Gasteiger partial charge in [0.25, 0.3) is 6.01 Å². The number of aromatic nitrogens is 1. The largest absolute Gasteiger partial charge is 0.423 e. The summed E-state index contributed by atoms with van der Waals surface area (Å²) in [4.78, 5) is 6.74. The molecule has 1 atom stereocenters. The Morgan fingerprint density at radius 1 is 1.50 bits per heavy atom. The Labute approximate surface area is 106 Å². The average Bonchev–Trinajstić information content (AvgIpc) is 2.70. The Bertz CT molecular complexity index is 551. The Kier molecular flexibility index (Phi) is 2.83. The summed E-state index contributed by atoms with van der Waals surface area (Å²) in [5.41, 5.74) is 8.00. The summed E-state index contributed by atoms with van der Waals surface area (Å²) in [5.74, 6) is 0. The van der Waals surface area contributed by atoms with E-state index in [2.05, 4.69) is 22.2 Å². The molecule has 5 heteroatoms. The highest BCUT2D eigenvalue weighted by atomic mass is 16.4. The lowest BCUT2D eigenvalue weighted by Crippen LogP contribution is -2.39. The fourth-order valence-electron chi connectivity index (χ4n) is 2.46. The number of rotatable bonds is 2. The van der Waals surface area contributed by atoms with Crippen molar-refractivity contribution in [3.63, 3.8) is 0 Å². The fraction of sp³-hybridized carbons (Fsp3) is 0.462. The standard InChI is InChI=1S/C13H18N4O/c1-17-6-2-3-10(8-17)15-13-16-11-5-4-9(14)7-12(11)18-13/h4-5,7,10H,2-3,6,8,14H2,1H3,(H,15,16). The molecule has 96 valence electrons. The van der Waals surface area contributed by atoms with Gasteiger partial charge in [-0.3, -0.25) is 0 Å². The Morgan fingerprint density at radius 2 is 2.39 bits per heavy atom. The van der Waals surface area contributed by atoms with Gasteiger partial charge in [-0.25, -0.2) is 0 Å². The van der Waals surface area contributed by atoms with Crippen molar-refractivity contribution >= 4 is 22.8 Å². The van der Waals surface area contributed by atoms with Crippen LogP contribution in [0.2, 0.25) is 0 Å². The number of hydrogen-bond donors (Lipinski definition) is 2. The van der Waals surface area contributed by atoms with Gasteiger partial charge in [0, 0.05) is 24.3 Å². The minimum Gasteiger partial charge on any atom is -0.423 e. The van der Waals surface area contributed by atoms with Crippen LogP contribution in [0.1, 0.15) is 12.8 Å². The highest BCUT2D eigenvalue weighted by Gasteiger charge is 2.18. The third kappa shape index (κ3) is 2.26. The Hall–Kier alpha value is -1.75. The van der Waals surface area contributed by atoms with E-state index in [1.807, 2.05) is 12.1 Å². The summed E-state index contributed by atoms with van der Waals surface area (Å²) in [7, 11) is 2.14. The number of nitrogens with zero attached hydrogens (tertiary/aromatic N) is 2. The zero-order valence-corrected chi connectivity index (χ0v) is 10.5. The molecule has 1 aliphatic heterocycles. The molecule has 2 aromatic rings. The van der Waals surface area contributed by atoms with E-state index in [4.69, 9.17) is 10.2 Å². The van der Waals surface area contributed by atoms with Crippen molar-refractivity contribution in [2.24, 2.45) is 0 Å². The molecule has 5 nitrogen and oxygen atoms in total. The molecule has 0 spiro atoms. The molecule has 0 bridgehead atoms. The second-order valence-electron chi connectivity index (χ2n) is 4.99. The summed E-state index contributed by atoms with van der Waals surface area (Å²) >= 11 is 0. The van der Waals surface area contributed by atoms with Gasteiger partial charge in [-0.05, 0) is 38.6 Å². The number of likely N-dealkylation sites (N-methyl/N-ethyl adjacent to an activating group) is 1. The van der Waals surface area contributed by atoms with E-state index in [0.717, 1.165) is 24.1 Å². The van der Waals surface area contributed by atoms with Gasteiger partial charge in [-0.2, -0.15) is 4.98 Å². The first-order valence-corrected chi connectivity index (χ1v) is 6.32. The fourth-order valence-corrected chi connectivity index (χ4v) is 2.46. The molecule has 1 aromatic heterocycles. The maximum atomic E-state index is 5.72. The third-order valence-electron chi connectivity index (χ3n) is 3.36. The van der Waals surface area contributed by atoms with Crippen molar-refractivity contribution in [1.82, 2.24) is 9.88 Å². The molecule has 0 amide bonds. The number of piperidine rings is 1. The number of nitrogens with two attached hydrogens (primary N) is 1. The highest BCUT2D eigenvalue weighted by Crippen LogP contribution is 2.22. The lowest BCUT2D eigenvalue weighted by Gasteiger charge is -2.29. The topological polar surface area (TPSA) is 67.3 Å². The smallest absolute Gasteiger partial charge is 0.295 e. The molecule has 3 N–H and O–H groups in total. The number of oxazole rings is 1. The van der Waals surface area contributed by atoms with Gasteiger partial charge in [0.05, 0.1) is 0 Å².